The van der Waals surface area contributed by atoms with Crippen LogP contribution in [-0.4, -0.2) is 57.7 Å². The van der Waals surface area contributed by atoms with Crippen LogP contribution in [0, 0.1) is 18.2 Å². The number of rotatable bonds is 5. The van der Waals surface area contributed by atoms with Crippen molar-refractivity contribution in [3.63, 3.8) is 0 Å². The van der Waals surface area contributed by atoms with Crippen molar-refractivity contribution in [3.05, 3.63) is 53.9 Å². The number of piperidine rings is 1. The predicted molar refractivity (Wildman–Crippen MR) is 117 cm³/mol. The zero-order valence-corrected chi connectivity index (χ0v) is 18.4. The highest BCUT2D eigenvalue weighted by molar-refractivity contribution is 5.83. The van der Waals surface area contributed by atoms with Gasteiger partial charge in [-0.3, -0.25) is 4.79 Å². The van der Waals surface area contributed by atoms with Crippen molar-refractivity contribution < 1.29 is 14.3 Å². The fourth-order valence-corrected chi connectivity index (χ4v) is 5.21. The SMILES string of the molecule is Cc1nccn1[C@@H]1CCC[C@@H](NC(=O)C2(Cc3ccccc3F)CCN(C)CC2)[C@H]1O. The minimum absolute atomic E-state index is 0.0593. The van der Waals surface area contributed by atoms with Crippen molar-refractivity contribution in [2.75, 3.05) is 20.1 Å². The molecule has 2 N–H and O–H groups in total. The Morgan fingerprint density at radius 3 is 2.71 bits per heavy atom. The summed E-state index contributed by atoms with van der Waals surface area (Å²) in [7, 11) is 2.05. The Kier molecular flexibility index (Phi) is 6.44. The lowest BCUT2D eigenvalue weighted by Crippen LogP contribution is -2.56. The Balaban J connectivity index is 1.53. The number of hydrogen-bond donors (Lipinski definition) is 2. The Morgan fingerprint density at radius 2 is 2.03 bits per heavy atom. The van der Waals surface area contributed by atoms with E-state index in [4.69, 9.17) is 0 Å². The van der Waals surface area contributed by atoms with Gasteiger partial charge in [0.25, 0.3) is 0 Å². The van der Waals surface area contributed by atoms with Crippen LogP contribution in [0.4, 0.5) is 4.39 Å². The van der Waals surface area contributed by atoms with Gasteiger partial charge in [-0.25, -0.2) is 9.37 Å². The lowest BCUT2D eigenvalue weighted by Gasteiger charge is -2.42. The van der Waals surface area contributed by atoms with Crippen molar-refractivity contribution in [2.45, 2.75) is 63.6 Å². The van der Waals surface area contributed by atoms with Crippen LogP contribution in [0.1, 0.15) is 49.5 Å². The third-order valence-electron chi connectivity index (χ3n) is 7.27. The van der Waals surface area contributed by atoms with E-state index < -0.39 is 11.5 Å². The van der Waals surface area contributed by atoms with Gasteiger partial charge in [0.1, 0.15) is 11.6 Å². The number of likely N-dealkylation sites (tertiary alicyclic amines) is 1. The van der Waals surface area contributed by atoms with Crippen LogP contribution in [0.3, 0.4) is 0 Å². The Hall–Kier alpha value is -2.25. The summed E-state index contributed by atoms with van der Waals surface area (Å²) in [5, 5.41) is 14.3. The van der Waals surface area contributed by atoms with E-state index in [1.807, 2.05) is 30.8 Å². The summed E-state index contributed by atoms with van der Waals surface area (Å²) in [4.78, 5) is 20.1. The molecule has 1 saturated heterocycles. The highest BCUT2D eigenvalue weighted by atomic mass is 19.1. The fraction of sp³-hybridized carbons (Fsp3) is 0.583. The number of aliphatic hydroxyl groups excluding tert-OH is 1. The van der Waals surface area contributed by atoms with Crippen LogP contribution < -0.4 is 5.32 Å². The summed E-state index contributed by atoms with van der Waals surface area (Å²) in [5.41, 5.74) is -0.0787. The molecule has 168 valence electrons. The molecule has 0 spiro atoms. The minimum atomic E-state index is -0.678. The molecular formula is C24H33FN4O2. The average Bonchev–Trinajstić information content (AvgIpc) is 3.18. The van der Waals surface area contributed by atoms with Gasteiger partial charge in [-0.15, -0.1) is 0 Å². The second-order valence-electron chi connectivity index (χ2n) is 9.30. The van der Waals surface area contributed by atoms with Gasteiger partial charge in [0.15, 0.2) is 0 Å². The first-order chi connectivity index (χ1) is 14.9. The van der Waals surface area contributed by atoms with Crippen LogP contribution in [0.15, 0.2) is 36.7 Å². The number of imidazole rings is 1. The zero-order chi connectivity index (χ0) is 22.0. The lowest BCUT2D eigenvalue weighted by molar-refractivity contribution is -0.136. The van der Waals surface area contributed by atoms with Gasteiger partial charge in [-0.1, -0.05) is 18.2 Å². The minimum Gasteiger partial charge on any atom is -0.389 e. The van der Waals surface area contributed by atoms with E-state index in [9.17, 15) is 14.3 Å². The normalized spacial score (nSPS) is 26.5. The third-order valence-corrected chi connectivity index (χ3v) is 7.27. The highest BCUT2D eigenvalue weighted by Gasteiger charge is 2.44. The number of aliphatic hydroxyl groups is 1. The van der Waals surface area contributed by atoms with E-state index in [0.29, 0.717) is 24.8 Å². The van der Waals surface area contributed by atoms with E-state index in [1.165, 1.54) is 6.07 Å². The number of nitrogens with zero attached hydrogens (tertiary/aromatic N) is 3. The number of amides is 1. The van der Waals surface area contributed by atoms with Crippen LogP contribution in [0.5, 0.6) is 0 Å². The molecule has 2 aliphatic rings. The molecule has 2 heterocycles. The number of carbonyl (C=O) groups is 1. The quantitative estimate of drug-likeness (QED) is 0.768. The van der Waals surface area contributed by atoms with E-state index in [2.05, 4.69) is 15.2 Å². The molecule has 1 saturated carbocycles. The van der Waals surface area contributed by atoms with Gasteiger partial charge in [-0.05, 0) is 77.2 Å². The number of nitrogens with one attached hydrogen (secondary N) is 1. The van der Waals surface area contributed by atoms with Gasteiger partial charge >= 0.3 is 0 Å². The highest BCUT2D eigenvalue weighted by Crippen LogP contribution is 2.37. The molecule has 0 radical (unpaired) electrons. The smallest absolute Gasteiger partial charge is 0.226 e. The first kappa shape index (κ1) is 22.0. The molecule has 6 nitrogen and oxygen atoms in total. The predicted octanol–water partition coefficient (Wildman–Crippen LogP) is 2.86. The topological polar surface area (TPSA) is 70.4 Å². The maximum atomic E-state index is 14.4. The molecule has 1 aromatic heterocycles. The van der Waals surface area contributed by atoms with Gasteiger partial charge in [-0.2, -0.15) is 0 Å². The lowest BCUT2D eigenvalue weighted by atomic mass is 9.72. The summed E-state index contributed by atoms with van der Waals surface area (Å²) in [6.07, 6.45) is 7.22. The Labute approximate surface area is 183 Å². The molecule has 1 aliphatic carbocycles. The summed E-state index contributed by atoms with van der Waals surface area (Å²) >= 11 is 0. The largest absolute Gasteiger partial charge is 0.389 e. The van der Waals surface area contributed by atoms with E-state index in [1.54, 1.807) is 18.3 Å². The molecule has 7 heteroatoms. The Bertz CT molecular complexity index is 906. The number of aryl methyl sites for hydroxylation is 1. The molecule has 0 bridgehead atoms. The molecular weight excluding hydrogens is 395 g/mol. The molecule has 3 atom stereocenters. The molecule has 31 heavy (non-hydrogen) atoms. The van der Waals surface area contributed by atoms with Crippen molar-refractivity contribution >= 4 is 5.91 Å². The maximum absolute atomic E-state index is 14.4. The second kappa shape index (κ2) is 9.09. The monoisotopic (exact) mass is 428 g/mol. The van der Waals surface area contributed by atoms with E-state index in [-0.39, 0.29) is 23.8 Å². The van der Waals surface area contributed by atoms with E-state index >= 15 is 0 Å². The summed E-state index contributed by atoms with van der Waals surface area (Å²) in [5.74, 6) is 0.542. The number of aromatic nitrogens is 2. The summed E-state index contributed by atoms with van der Waals surface area (Å²) < 4.78 is 16.4. The van der Waals surface area contributed by atoms with Crippen molar-refractivity contribution in [1.29, 1.82) is 0 Å². The molecule has 1 aromatic carbocycles. The van der Waals surface area contributed by atoms with Crippen molar-refractivity contribution in [3.8, 4) is 0 Å². The van der Waals surface area contributed by atoms with Gasteiger partial charge < -0.3 is 19.9 Å². The number of hydrogen-bond acceptors (Lipinski definition) is 4. The number of carbonyl (C=O) groups excluding carboxylic acids is 1. The van der Waals surface area contributed by atoms with Gasteiger partial charge in [0.05, 0.1) is 23.6 Å². The van der Waals surface area contributed by atoms with Crippen molar-refractivity contribution in [2.24, 2.45) is 5.41 Å². The van der Waals surface area contributed by atoms with Crippen LogP contribution in [0.2, 0.25) is 0 Å². The fourth-order valence-electron chi connectivity index (χ4n) is 5.21. The standard InChI is InChI=1S/C24H33FN4O2/c1-17-26-12-15-29(17)21-9-5-8-20(22(21)30)27-23(31)24(10-13-28(2)14-11-24)16-18-6-3-4-7-19(18)25/h3-4,6-7,12,15,20-22,30H,5,8-11,13-14,16H2,1-2H3,(H,27,31)/t20-,21-,22-/m1/s1. The average molecular weight is 429 g/mol. The van der Waals surface area contributed by atoms with Crippen LogP contribution in [-0.2, 0) is 11.2 Å². The van der Waals surface area contributed by atoms with E-state index in [0.717, 1.165) is 38.2 Å². The molecule has 1 amide bonds. The van der Waals surface area contributed by atoms with Crippen LogP contribution in [0.25, 0.3) is 0 Å². The van der Waals surface area contributed by atoms with Gasteiger partial charge in [0, 0.05) is 12.4 Å². The summed E-state index contributed by atoms with van der Waals surface area (Å²) in [6, 6.07) is 6.32. The van der Waals surface area contributed by atoms with Crippen molar-refractivity contribution in [1.82, 2.24) is 19.8 Å². The first-order valence-corrected chi connectivity index (χ1v) is 11.3. The molecule has 0 unspecified atom stereocenters. The number of benzene rings is 1. The zero-order valence-electron chi connectivity index (χ0n) is 18.4. The first-order valence-electron chi connectivity index (χ1n) is 11.3. The molecule has 2 fully saturated rings. The number of halogens is 1. The Morgan fingerprint density at radius 1 is 1.29 bits per heavy atom. The summed E-state index contributed by atoms with van der Waals surface area (Å²) in [6.45, 7) is 3.52. The third kappa shape index (κ3) is 4.53. The van der Waals surface area contributed by atoms with Gasteiger partial charge in [0.2, 0.25) is 5.91 Å². The molecule has 4 rings (SSSR count). The molecule has 2 aromatic rings. The molecule has 1 aliphatic heterocycles. The van der Waals surface area contributed by atoms with Crippen LogP contribution >= 0.6 is 0 Å². The maximum Gasteiger partial charge on any atom is 0.226 e. The second-order valence-corrected chi connectivity index (χ2v) is 9.30.